The van der Waals surface area contributed by atoms with Crippen LogP contribution in [-0.4, -0.2) is 25.7 Å². The van der Waals surface area contributed by atoms with Crippen LogP contribution >= 0.6 is 12.4 Å². The van der Waals surface area contributed by atoms with E-state index in [2.05, 4.69) is 5.32 Å². The molecule has 1 saturated carbocycles. The number of carbonyl (C=O) groups is 1. The molecule has 6 heteroatoms. The molecule has 1 aliphatic carbocycles. The molecule has 0 saturated heterocycles. The minimum absolute atomic E-state index is 0. The SMILES string of the molecule is COc1cccc(CNC2CC2)c1OCC(N)=O.Cl. The average molecular weight is 287 g/mol. The van der Waals surface area contributed by atoms with Gasteiger partial charge in [-0.25, -0.2) is 0 Å². The zero-order chi connectivity index (χ0) is 13.0. The third-order valence-electron chi connectivity index (χ3n) is 2.80. The Hall–Kier alpha value is -1.46. The highest BCUT2D eigenvalue weighted by Gasteiger charge is 2.21. The van der Waals surface area contributed by atoms with Crippen LogP contribution in [0.2, 0.25) is 0 Å². The van der Waals surface area contributed by atoms with E-state index in [-0.39, 0.29) is 19.0 Å². The van der Waals surface area contributed by atoms with Gasteiger partial charge in [-0.3, -0.25) is 4.79 Å². The molecule has 0 bridgehead atoms. The number of amides is 1. The smallest absolute Gasteiger partial charge is 0.255 e. The molecule has 0 radical (unpaired) electrons. The minimum atomic E-state index is -0.498. The number of benzene rings is 1. The van der Waals surface area contributed by atoms with Gasteiger partial charge in [-0.2, -0.15) is 0 Å². The first kappa shape index (κ1) is 15.6. The Kier molecular flexibility index (Phi) is 5.92. The molecule has 2 rings (SSSR count). The van der Waals surface area contributed by atoms with Crippen LogP contribution in [-0.2, 0) is 11.3 Å². The second-order valence-corrected chi connectivity index (χ2v) is 4.36. The molecular weight excluding hydrogens is 268 g/mol. The fourth-order valence-electron chi connectivity index (χ4n) is 1.71. The topological polar surface area (TPSA) is 73.6 Å². The van der Waals surface area contributed by atoms with Gasteiger partial charge >= 0.3 is 0 Å². The molecule has 1 aromatic rings. The molecule has 5 nitrogen and oxygen atoms in total. The zero-order valence-corrected chi connectivity index (χ0v) is 11.7. The molecule has 1 fully saturated rings. The summed E-state index contributed by atoms with van der Waals surface area (Å²) in [6.07, 6.45) is 2.45. The Morgan fingerprint density at radius 1 is 1.47 bits per heavy atom. The van der Waals surface area contributed by atoms with Crippen molar-refractivity contribution in [1.82, 2.24) is 5.32 Å². The summed E-state index contributed by atoms with van der Waals surface area (Å²) in [5.74, 6) is 0.709. The van der Waals surface area contributed by atoms with Gasteiger partial charge < -0.3 is 20.5 Å². The predicted molar refractivity (Wildman–Crippen MR) is 74.8 cm³/mol. The van der Waals surface area contributed by atoms with Crippen molar-refractivity contribution in [3.05, 3.63) is 23.8 Å². The number of carbonyl (C=O) groups excluding carboxylic acids is 1. The number of halogens is 1. The zero-order valence-electron chi connectivity index (χ0n) is 10.8. The molecule has 1 amide bonds. The molecule has 0 unspecified atom stereocenters. The lowest BCUT2D eigenvalue weighted by atomic mass is 10.2. The largest absolute Gasteiger partial charge is 0.493 e. The highest BCUT2D eigenvalue weighted by molar-refractivity contribution is 5.85. The summed E-state index contributed by atoms with van der Waals surface area (Å²) >= 11 is 0. The van der Waals surface area contributed by atoms with Crippen molar-refractivity contribution in [2.24, 2.45) is 5.73 Å². The normalized spacial score (nSPS) is 13.5. The number of ether oxygens (including phenoxy) is 2. The van der Waals surface area contributed by atoms with Gasteiger partial charge in [0.25, 0.3) is 5.91 Å². The summed E-state index contributed by atoms with van der Waals surface area (Å²) in [7, 11) is 1.57. The monoisotopic (exact) mass is 286 g/mol. The van der Waals surface area contributed by atoms with Crippen molar-refractivity contribution in [1.29, 1.82) is 0 Å². The Labute approximate surface area is 118 Å². The van der Waals surface area contributed by atoms with Crippen LogP contribution in [0.1, 0.15) is 18.4 Å². The number of rotatable bonds is 7. The second-order valence-electron chi connectivity index (χ2n) is 4.36. The van der Waals surface area contributed by atoms with Crippen molar-refractivity contribution in [2.75, 3.05) is 13.7 Å². The van der Waals surface area contributed by atoms with Gasteiger partial charge in [-0.05, 0) is 18.9 Å². The van der Waals surface area contributed by atoms with Crippen LogP contribution in [0, 0.1) is 0 Å². The van der Waals surface area contributed by atoms with E-state index >= 15 is 0 Å². The molecule has 0 aromatic heterocycles. The number of methoxy groups -OCH3 is 1. The van der Waals surface area contributed by atoms with Crippen LogP contribution < -0.4 is 20.5 Å². The molecule has 19 heavy (non-hydrogen) atoms. The molecule has 1 aromatic carbocycles. The number of nitrogens with two attached hydrogens (primary N) is 1. The first-order valence-electron chi connectivity index (χ1n) is 6.01. The molecule has 106 valence electrons. The lowest BCUT2D eigenvalue weighted by molar-refractivity contribution is -0.119. The fraction of sp³-hybridized carbons (Fsp3) is 0.462. The average Bonchev–Trinajstić information content (AvgIpc) is 3.17. The molecule has 0 atom stereocenters. The van der Waals surface area contributed by atoms with Gasteiger partial charge in [-0.15, -0.1) is 12.4 Å². The van der Waals surface area contributed by atoms with E-state index in [9.17, 15) is 4.79 Å². The lowest BCUT2D eigenvalue weighted by Gasteiger charge is -2.14. The molecule has 0 spiro atoms. The Bertz CT molecular complexity index is 436. The highest BCUT2D eigenvalue weighted by atomic mass is 35.5. The van der Waals surface area contributed by atoms with Crippen molar-refractivity contribution < 1.29 is 14.3 Å². The molecule has 0 heterocycles. The number of hydrogen-bond acceptors (Lipinski definition) is 4. The summed E-state index contributed by atoms with van der Waals surface area (Å²) in [6.45, 7) is 0.562. The summed E-state index contributed by atoms with van der Waals surface area (Å²) < 4.78 is 10.7. The molecular formula is C13H19ClN2O3. The molecule has 0 aliphatic heterocycles. The molecule has 3 N–H and O–H groups in total. The quantitative estimate of drug-likeness (QED) is 0.791. The van der Waals surface area contributed by atoms with Crippen LogP contribution in [0.5, 0.6) is 11.5 Å². The van der Waals surface area contributed by atoms with Gasteiger partial charge in [0.05, 0.1) is 7.11 Å². The van der Waals surface area contributed by atoms with Gasteiger partial charge in [0.2, 0.25) is 0 Å². The number of primary amides is 1. The van der Waals surface area contributed by atoms with E-state index in [1.807, 2.05) is 12.1 Å². The van der Waals surface area contributed by atoms with E-state index < -0.39 is 5.91 Å². The standard InChI is InChI=1S/C13H18N2O3.ClH/c1-17-11-4-2-3-9(7-15-10-5-6-10)13(11)18-8-12(14)16;/h2-4,10,15H,5-8H2,1H3,(H2,14,16);1H. The Balaban J connectivity index is 0.00000180. The highest BCUT2D eigenvalue weighted by Crippen LogP contribution is 2.31. The maximum Gasteiger partial charge on any atom is 0.255 e. The minimum Gasteiger partial charge on any atom is -0.493 e. The van der Waals surface area contributed by atoms with Crippen LogP contribution in [0.3, 0.4) is 0 Å². The van der Waals surface area contributed by atoms with Crippen LogP contribution in [0.15, 0.2) is 18.2 Å². The van der Waals surface area contributed by atoms with Crippen molar-refractivity contribution in [2.45, 2.75) is 25.4 Å². The van der Waals surface area contributed by atoms with Crippen LogP contribution in [0.25, 0.3) is 0 Å². The predicted octanol–water partition coefficient (Wildman–Crippen LogP) is 1.23. The van der Waals surface area contributed by atoms with E-state index in [0.717, 1.165) is 5.56 Å². The van der Waals surface area contributed by atoms with E-state index in [1.54, 1.807) is 13.2 Å². The van der Waals surface area contributed by atoms with E-state index in [1.165, 1.54) is 12.8 Å². The van der Waals surface area contributed by atoms with Crippen molar-refractivity contribution in [3.8, 4) is 11.5 Å². The maximum atomic E-state index is 10.8. The second kappa shape index (κ2) is 7.21. The first-order valence-corrected chi connectivity index (χ1v) is 6.01. The van der Waals surface area contributed by atoms with Crippen molar-refractivity contribution >= 4 is 18.3 Å². The summed E-state index contributed by atoms with van der Waals surface area (Å²) in [5, 5.41) is 3.40. The van der Waals surface area contributed by atoms with Gasteiger partial charge in [0.1, 0.15) is 0 Å². The van der Waals surface area contributed by atoms with E-state index in [4.69, 9.17) is 15.2 Å². The molecule has 1 aliphatic rings. The lowest BCUT2D eigenvalue weighted by Crippen LogP contribution is -2.22. The first-order chi connectivity index (χ1) is 8.70. The number of para-hydroxylation sites is 1. The third kappa shape index (κ3) is 4.61. The van der Waals surface area contributed by atoms with Crippen molar-refractivity contribution in [3.63, 3.8) is 0 Å². The van der Waals surface area contributed by atoms with Gasteiger partial charge in [0.15, 0.2) is 18.1 Å². The van der Waals surface area contributed by atoms with Crippen LogP contribution in [0.4, 0.5) is 0 Å². The number of hydrogen-bond donors (Lipinski definition) is 2. The Morgan fingerprint density at radius 3 is 2.79 bits per heavy atom. The third-order valence-corrected chi connectivity index (χ3v) is 2.80. The number of nitrogens with one attached hydrogen (secondary N) is 1. The summed E-state index contributed by atoms with van der Waals surface area (Å²) in [5.41, 5.74) is 6.07. The Morgan fingerprint density at radius 2 is 2.21 bits per heavy atom. The summed E-state index contributed by atoms with van der Waals surface area (Å²) in [4.78, 5) is 10.8. The fourth-order valence-corrected chi connectivity index (χ4v) is 1.71. The van der Waals surface area contributed by atoms with Gasteiger partial charge in [-0.1, -0.05) is 12.1 Å². The maximum absolute atomic E-state index is 10.8. The van der Waals surface area contributed by atoms with Gasteiger partial charge in [0, 0.05) is 18.2 Å². The van der Waals surface area contributed by atoms with E-state index in [0.29, 0.717) is 24.1 Å². The summed E-state index contributed by atoms with van der Waals surface area (Å²) in [6, 6.07) is 6.27.